The first-order chi connectivity index (χ1) is 9.70. The van der Waals surface area contributed by atoms with Crippen molar-refractivity contribution in [1.29, 1.82) is 0 Å². The number of carbonyl (C=O) groups is 1. The molecule has 1 saturated heterocycles. The van der Waals surface area contributed by atoms with E-state index in [0.717, 1.165) is 10.9 Å². The fourth-order valence-electron chi connectivity index (χ4n) is 2.54. The second kappa shape index (κ2) is 5.09. The lowest BCUT2D eigenvalue weighted by atomic mass is 10.1. The summed E-state index contributed by atoms with van der Waals surface area (Å²) >= 11 is 0. The van der Waals surface area contributed by atoms with E-state index in [9.17, 15) is 9.59 Å². The molecule has 0 aliphatic carbocycles. The predicted octanol–water partition coefficient (Wildman–Crippen LogP) is 1.75. The standard InChI is InChI=1S/C15H15NO4/c1-10-2-3-11-13(8-10)20-15(18)12(9-17)14(11)16-4-6-19-7-5-16/h2-3,8-9H,4-7H2,1H3. The summed E-state index contributed by atoms with van der Waals surface area (Å²) in [5, 5.41) is 0.791. The molecule has 1 aliphatic heterocycles. The average molecular weight is 273 g/mol. The van der Waals surface area contributed by atoms with Crippen molar-refractivity contribution in [3.63, 3.8) is 0 Å². The number of hydrogen-bond acceptors (Lipinski definition) is 5. The zero-order valence-electron chi connectivity index (χ0n) is 11.2. The summed E-state index contributed by atoms with van der Waals surface area (Å²) < 4.78 is 10.6. The van der Waals surface area contributed by atoms with Gasteiger partial charge in [0.05, 0.1) is 18.9 Å². The van der Waals surface area contributed by atoms with E-state index in [1.54, 1.807) is 0 Å². The normalized spacial score (nSPS) is 15.6. The number of benzene rings is 1. The minimum Gasteiger partial charge on any atom is -0.422 e. The van der Waals surface area contributed by atoms with Crippen LogP contribution in [-0.2, 0) is 4.74 Å². The average Bonchev–Trinajstić information content (AvgIpc) is 2.46. The van der Waals surface area contributed by atoms with Crippen LogP contribution in [0.4, 0.5) is 5.69 Å². The minimum atomic E-state index is -0.584. The third kappa shape index (κ3) is 2.10. The van der Waals surface area contributed by atoms with Gasteiger partial charge in [-0.25, -0.2) is 4.79 Å². The summed E-state index contributed by atoms with van der Waals surface area (Å²) in [4.78, 5) is 25.3. The molecule has 104 valence electrons. The summed E-state index contributed by atoms with van der Waals surface area (Å²) in [5.41, 5.74) is 1.69. The maximum absolute atomic E-state index is 12.0. The fourth-order valence-corrected chi connectivity index (χ4v) is 2.54. The van der Waals surface area contributed by atoms with Crippen molar-refractivity contribution in [1.82, 2.24) is 0 Å². The lowest BCUT2D eigenvalue weighted by molar-refractivity contribution is 0.111. The van der Waals surface area contributed by atoms with Crippen LogP contribution in [0.5, 0.6) is 0 Å². The molecule has 0 radical (unpaired) electrons. The largest absolute Gasteiger partial charge is 0.422 e. The first-order valence-electron chi connectivity index (χ1n) is 6.56. The highest BCUT2D eigenvalue weighted by molar-refractivity contribution is 5.99. The molecule has 5 nitrogen and oxygen atoms in total. The Morgan fingerprint density at radius 2 is 2.00 bits per heavy atom. The summed E-state index contributed by atoms with van der Waals surface area (Å²) in [5.74, 6) is 0. The Kier molecular flexibility index (Phi) is 3.28. The van der Waals surface area contributed by atoms with Crippen LogP contribution in [0, 0.1) is 6.92 Å². The molecule has 0 N–H and O–H groups in total. The van der Waals surface area contributed by atoms with Gasteiger partial charge in [-0.15, -0.1) is 0 Å². The van der Waals surface area contributed by atoms with Crippen molar-refractivity contribution in [2.75, 3.05) is 31.2 Å². The monoisotopic (exact) mass is 273 g/mol. The van der Waals surface area contributed by atoms with E-state index in [1.807, 2.05) is 30.0 Å². The van der Waals surface area contributed by atoms with Crippen LogP contribution in [0.1, 0.15) is 15.9 Å². The van der Waals surface area contributed by atoms with E-state index in [4.69, 9.17) is 9.15 Å². The van der Waals surface area contributed by atoms with Gasteiger partial charge in [0.15, 0.2) is 6.29 Å². The van der Waals surface area contributed by atoms with Gasteiger partial charge < -0.3 is 14.1 Å². The fraction of sp³-hybridized carbons (Fsp3) is 0.333. The molecule has 0 unspecified atom stereocenters. The Morgan fingerprint density at radius 1 is 1.25 bits per heavy atom. The van der Waals surface area contributed by atoms with E-state index in [1.165, 1.54) is 0 Å². The highest BCUT2D eigenvalue weighted by atomic mass is 16.5. The highest BCUT2D eigenvalue weighted by Gasteiger charge is 2.21. The van der Waals surface area contributed by atoms with Gasteiger partial charge in [-0.1, -0.05) is 6.07 Å². The number of fused-ring (bicyclic) bond motifs is 1. The van der Waals surface area contributed by atoms with Gasteiger partial charge in [0.1, 0.15) is 11.1 Å². The molecule has 1 aliphatic rings. The maximum Gasteiger partial charge on any atom is 0.349 e. The summed E-state index contributed by atoms with van der Waals surface area (Å²) in [6.07, 6.45) is 0.579. The van der Waals surface area contributed by atoms with Crippen LogP contribution in [0.2, 0.25) is 0 Å². The van der Waals surface area contributed by atoms with Crippen molar-refractivity contribution >= 4 is 22.9 Å². The van der Waals surface area contributed by atoms with Gasteiger partial charge in [0.25, 0.3) is 0 Å². The van der Waals surface area contributed by atoms with Crippen LogP contribution in [0.25, 0.3) is 11.0 Å². The van der Waals surface area contributed by atoms with E-state index in [2.05, 4.69) is 0 Å². The molecule has 3 rings (SSSR count). The number of carbonyl (C=O) groups excluding carboxylic acids is 1. The van der Waals surface area contributed by atoms with E-state index >= 15 is 0 Å². The van der Waals surface area contributed by atoms with Gasteiger partial charge in [0, 0.05) is 18.5 Å². The Balaban J connectivity index is 2.30. The highest BCUT2D eigenvalue weighted by Crippen LogP contribution is 2.29. The number of aryl methyl sites for hydroxylation is 1. The van der Waals surface area contributed by atoms with Crippen LogP contribution in [-0.4, -0.2) is 32.6 Å². The van der Waals surface area contributed by atoms with E-state index < -0.39 is 5.63 Å². The first-order valence-corrected chi connectivity index (χ1v) is 6.56. The number of hydrogen-bond donors (Lipinski definition) is 0. The second-order valence-electron chi connectivity index (χ2n) is 4.87. The van der Waals surface area contributed by atoms with Gasteiger partial charge in [-0.3, -0.25) is 4.79 Å². The lowest BCUT2D eigenvalue weighted by Gasteiger charge is -2.30. The molecule has 0 saturated carbocycles. The zero-order valence-corrected chi connectivity index (χ0v) is 11.2. The van der Waals surface area contributed by atoms with Crippen molar-refractivity contribution in [3.8, 4) is 0 Å². The van der Waals surface area contributed by atoms with Crippen LogP contribution >= 0.6 is 0 Å². The predicted molar refractivity (Wildman–Crippen MR) is 75.6 cm³/mol. The van der Waals surface area contributed by atoms with Crippen molar-refractivity contribution in [3.05, 3.63) is 39.7 Å². The van der Waals surface area contributed by atoms with Crippen molar-refractivity contribution < 1.29 is 13.9 Å². The van der Waals surface area contributed by atoms with Crippen molar-refractivity contribution in [2.24, 2.45) is 0 Å². The van der Waals surface area contributed by atoms with E-state index in [0.29, 0.717) is 43.9 Å². The number of ether oxygens (including phenoxy) is 1. The number of anilines is 1. The molecule has 2 aromatic rings. The molecule has 2 heterocycles. The Morgan fingerprint density at radius 3 is 2.70 bits per heavy atom. The first kappa shape index (κ1) is 12.9. The van der Waals surface area contributed by atoms with Crippen LogP contribution in [0.15, 0.2) is 27.4 Å². The molecule has 5 heteroatoms. The molecular weight excluding hydrogens is 258 g/mol. The molecular formula is C15H15NO4. The van der Waals surface area contributed by atoms with Crippen LogP contribution < -0.4 is 10.5 Å². The summed E-state index contributed by atoms with van der Waals surface area (Å²) in [6, 6.07) is 5.65. The zero-order chi connectivity index (χ0) is 14.1. The molecule has 0 amide bonds. The molecule has 0 bridgehead atoms. The molecule has 20 heavy (non-hydrogen) atoms. The molecule has 1 fully saturated rings. The number of nitrogens with zero attached hydrogens (tertiary/aromatic N) is 1. The Hall–Kier alpha value is -2.14. The summed E-state index contributed by atoms with van der Waals surface area (Å²) in [6.45, 7) is 4.43. The molecule has 0 spiro atoms. The maximum atomic E-state index is 12.0. The third-order valence-corrected chi connectivity index (χ3v) is 3.52. The topological polar surface area (TPSA) is 59.8 Å². The second-order valence-corrected chi connectivity index (χ2v) is 4.87. The Bertz CT molecular complexity index is 714. The lowest BCUT2D eigenvalue weighted by Crippen LogP contribution is -2.37. The van der Waals surface area contributed by atoms with Crippen LogP contribution in [0.3, 0.4) is 0 Å². The molecule has 1 aromatic heterocycles. The quantitative estimate of drug-likeness (QED) is 0.616. The SMILES string of the molecule is Cc1ccc2c(N3CCOCC3)c(C=O)c(=O)oc2c1. The number of aldehydes is 1. The summed E-state index contributed by atoms with van der Waals surface area (Å²) in [7, 11) is 0. The number of rotatable bonds is 2. The van der Waals surface area contributed by atoms with E-state index in [-0.39, 0.29) is 5.56 Å². The van der Waals surface area contributed by atoms with Gasteiger partial charge in [-0.2, -0.15) is 0 Å². The molecule has 1 aromatic carbocycles. The smallest absolute Gasteiger partial charge is 0.349 e. The third-order valence-electron chi connectivity index (χ3n) is 3.52. The molecule has 0 atom stereocenters. The van der Waals surface area contributed by atoms with Gasteiger partial charge >= 0.3 is 5.63 Å². The van der Waals surface area contributed by atoms with Gasteiger partial charge in [-0.05, 0) is 24.6 Å². The number of morpholine rings is 1. The van der Waals surface area contributed by atoms with Crippen molar-refractivity contribution in [2.45, 2.75) is 6.92 Å². The Labute approximate surface area is 115 Å². The minimum absolute atomic E-state index is 0.0863. The van der Waals surface area contributed by atoms with Gasteiger partial charge in [0.2, 0.25) is 0 Å².